The maximum Gasteiger partial charge on any atom is 0.338 e. The Hall–Kier alpha value is -1.03. The molecule has 4 heteroatoms. The lowest BCUT2D eigenvalue weighted by molar-refractivity contribution is 0.0497. The van der Waals surface area contributed by atoms with Gasteiger partial charge in [0.05, 0.1) is 12.2 Å². The molecule has 0 saturated heterocycles. The van der Waals surface area contributed by atoms with Crippen molar-refractivity contribution < 1.29 is 9.53 Å². The van der Waals surface area contributed by atoms with Gasteiger partial charge in [-0.3, -0.25) is 4.98 Å². The van der Waals surface area contributed by atoms with Crippen LogP contribution in [-0.4, -0.2) is 23.3 Å². The Morgan fingerprint density at radius 1 is 0.905 bits per heavy atom. The Bertz CT molecular complexity index is 370. The van der Waals surface area contributed by atoms with Crippen LogP contribution >= 0.6 is 12.6 Å². The topological polar surface area (TPSA) is 39.2 Å². The van der Waals surface area contributed by atoms with E-state index >= 15 is 0 Å². The largest absolute Gasteiger partial charge is 0.462 e. The van der Waals surface area contributed by atoms with Crippen LogP contribution in [0, 0.1) is 0 Å². The number of hydrogen-bond acceptors (Lipinski definition) is 4. The van der Waals surface area contributed by atoms with Gasteiger partial charge < -0.3 is 4.74 Å². The van der Waals surface area contributed by atoms with Crippen molar-refractivity contribution in [2.24, 2.45) is 0 Å². The number of hydrogen-bond donors (Lipinski definition) is 1. The molecule has 1 rings (SSSR count). The lowest BCUT2D eigenvalue weighted by atomic mass is 10.1. The van der Waals surface area contributed by atoms with Crippen LogP contribution in [-0.2, 0) is 4.74 Å². The predicted molar refractivity (Wildman–Crippen MR) is 89.9 cm³/mol. The minimum absolute atomic E-state index is 0.249. The third-order valence-corrected chi connectivity index (χ3v) is 3.77. The number of esters is 1. The van der Waals surface area contributed by atoms with Gasteiger partial charge in [0.1, 0.15) is 0 Å². The van der Waals surface area contributed by atoms with Gasteiger partial charge in [0.15, 0.2) is 0 Å². The lowest BCUT2D eigenvalue weighted by Crippen LogP contribution is -2.06. The fourth-order valence-electron chi connectivity index (χ4n) is 2.19. The first kappa shape index (κ1) is 18.0. The zero-order chi connectivity index (χ0) is 15.2. The van der Waals surface area contributed by atoms with Crippen LogP contribution in [0.15, 0.2) is 24.5 Å². The summed E-state index contributed by atoms with van der Waals surface area (Å²) in [4.78, 5) is 15.5. The van der Waals surface area contributed by atoms with Gasteiger partial charge in [-0.1, -0.05) is 44.9 Å². The van der Waals surface area contributed by atoms with Gasteiger partial charge in [-0.05, 0) is 30.7 Å². The molecule has 0 aliphatic rings. The summed E-state index contributed by atoms with van der Waals surface area (Å²) in [6.07, 6.45) is 14.4. The number of ether oxygens (including phenoxy) is 1. The molecule has 1 aromatic heterocycles. The number of thiol groups is 1. The Kier molecular flexibility index (Phi) is 10.9. The maximum absolute atomic E-state index is 11.6. The molecule has 0 unspecified atom stereocenters. The van der Waals surface area contributed by atoms with Crippen molar-refractivity contribution in [2.45, 2.75) is 57.8 Å². The van der Waals surface area contributed by atoms with E-state index in [-0.39, 0.29) is 5.97 Å². The Morgan fingerprint density at radius 3 is 2.00 bits per heavy atom. The van der Waals surface area contributed by atoms with E-state index < -0.39 is 0 Å². The lowest BCUT2D eigenvalue weighted by Gasteiger charge is -2.05. The molecular weight excluding hydrogens is 282 g/mol. The van der Waals surface area contributed by atoms with Crippen molar-refractivity contribution in [1.29, 1.82) is 0 Å². The van der Waals surface area contributed by atoms with E-state index in [9.17, 15) is 4.79 Å². The van der Waals surface area contributed by atoms with Gasteiger partial charge in [-0.25, -0.2) is 4.79 Å². The zero-order valence-corrected chi connectivity index (χ0v) is 13.7. The molecule has 0 aromatic carbocycles. The Morgan fingerprint density at radius 2 is 1.43 bits per heavy atom. The molecular formula is C17H27NO2S. The standard InChI is InChI=1S/C17H27NO2S/c19-17(16-10-12-18-13-11-16)20-14-8-6-4-2-1-3-5-7-9-15-21/h10-13,21H,1-9,14-15H2. The first-order valence-corrected chi connectivity index (χ1v) is 8.66. The summed E-state index contributed by atoms with van der Waals surface area (Å²) in [5.74, 6) is 0.764. The van der Waals surface area contributed by atoms with Crippen molar-refractivity contribution >= 4 is 18.6 Å². The second-order valence-electron chi connectivity index (χ2n) is 5.28. The molecule has 21 heavy (non-hydrogen) atoms. The first-order chi connectivity index (χ1) is 10.3. The van der Waals surface area contributed by atoms with Crippen molar-refractivity contribution in [1.82, 2.24) is 4.98 Å². The third kappa shape index (κ3) is 9.51. The van der Waals surface area contributed by atoms with Crippen LogP contribution in [0.25, 0.3) is 0 Å². The summed E-state index contributed by atoms with van der Waals surface area (Å²) in [7, 11) is 0. The minimum atomic E-state index is -0.249. The van der Waals surface area contributed by atoms with Crippen molar-refractivity contribution in [3.8, 4) is 0 Å². The van der Waals surface area contributed by atoms with Gasteiger partial charge in [0, 0.05) is 12.4 Å². The highest BCUT2D eigenvalue weighted by Gasteiger charge is 2.05. The number of nitrogens with zero attached hydrogens (tertiary/aromatic N) is 1. The normalized spacial score (nSPS) is 10.5. The third-order valence-electron chi connectivity index (χ3n) is 3.45. The molecule has 1 heterocycles. The monoisotopic (exact) mass is 309 g/mol. The molecule has 0 atom stereocenters. The van der Waals surface area contributed by atoms with E-state index in [0.29, 0.717) is 12.2 Å². The van der Waals surface area contributed by atoms with E-state index in [4.69, 9.17) is 4.74 Å². The summed E-state index contributed by atoms with van der Waals surface area (Å²) in [5.41, 5.74) is 0.575. The van der Waals surface area contributed by atoms with E-state index in [1.54, 1.807) is 24.5 Å². The van der Waals surface area contributed by atoms with Gasteiger partial charge in [-0.15, -0.1) is 0 Å². The molecule has 0 amide bonds. The summed E-state index contributed by atoms with van der Waals surface area (Å²) in [5, 5.41) is 0. The molecule has 3 nitrogen and oxygen atoms in total. The average Bonchev–Trinajstić information content (AvgIpc) is 2.53. The smallest absolute Gasteiger partial charge is 0.338 e. The molecule has 1 aromatic rings. The SMILES string of the molecule is O=C(OCCCCCCCCCCCS)c1ccncc1. The van der Waals surface area contributed by atoms with Gasteiger partial charge in [-0.2, -0.15) is 12.6 Å². The van der Waals surface area contributed by atoms with E-state index in [1.165, 1.54) is 44.9 Å². The molecule has 0 spiro atoms. The summed E-state index contributed by atoms with van der Waals surface area (Å²) >= 11 is 4.21. The van der Waals surface area contributed by atoms with Crippen LogP contribution in [0.1, 0.15) is 68.1 Å². The number of pyridine rings is 1. The van der Waals surface area contributed by atoms with Crippen molar-refractivity contribution in [2.75, 3.05) is 12.4 Å². The van der Waals surface area contributed by atoms with Gasteiger partial charge in [0.25, 0.3) is 0 Å². The van der Waals surface area contributed by atoms with Crippen LogP contribution in [0.5, 0.6) is 0 Å². The highest BCUT2D eigenvalue weighted by atomic mass is 32.1. The van der Waals surface area contributed by atoms with Crippen molar-refractivity contribution in [3.05, 3.63) is 30.1 Å². The van der Waals surface area contributed by atoms with E-state index in [2.05, 4.69) is 17.6 Å². The molecule has 0 radical (unpaired) electrons. The molecule has 0 aliphatic heterocycles. The molecule has 0 aliphatic carbocycles. The molecule has 0 saturated carbocycles. The van der Waals surface area contributed by atoms with Crippen LogP contribution in [0.2, 0.25) is 0 Å². The van der Waals surface area contributed by atoms with E-state index in [0.717, 1.165) is 18.6 Å². The highest BCUT2D eigenvalue weighted by Crippen LogP contribution is 2.10. The number of rotatable bonds is 12. The predicted octanol–water partition coefficient (Wildman–Crippen LogP) is 4.68. The van der Waals surface area contributed by atoms with Crippen molar-refractivity contribution in [3.63, 3.8) is 0 Å². The average molecular weight is 309 g/mol. The molecule has 0 fully saturated rings. The second-order valence-corrected chi connectivity index (χ2v) is 5.72. The fourth-order valence-corrected chi connectivity index (χ4v) is 2.41. The minimum Gasteiger partial charge on any atom is -0.462 e. The van der Waals surface area contributed by atoms with Gasteiger partial charge in [0.2, 0.25) is 0 Å². The van der Waals surface area contributed by atoms with Gasteiger partial charge >= 0.3 is 5.97 Å². The summed E-state index contributed by atoms with van der Waals surface area (Å²) < 4.78 is 5.23. The van der Waals surface area contributed by atoms with Crippen LogP contribution < -0.4 is 0 Å². The molecule has 118 valence electrons. The molecule has 0 N–H and O–H groups in total. The zero-order valence-electron chi connectivity index (χ0n) is 12.8. The number of unbranched alkanes of at least 4 members (excludes halogenated alkanes) is 8. The first-order valence-electron chi connectivity index (χ1n) is 8.02. The van der Waals surface area contributed by atoms with E-state index in [1.807, 2.05) is 0 Å². The summed E-state index contributed by atoms with van der Waals surface area (Å²) in [6, 6.07) is 3.35. The second kappa shape index (κ2) is 12.7. The van der Waals surface area contributed by atoms with Crippen LogP contribution in [0.3, 0.4) is 0 Å². The quantitative estimate of drug-likeness (QED) is 0.346. The Balaban J connectivity index is 1.88. The molecule has 0 bridgehead atoms. The fraction of sp³-hybridized carbons (Fsp3) is 0.647. The maximum atomic E-state index is 11.6. The number of carbonyl (C=O) groups is 1. The number of carbonyl (C=O) groups excluding carboxylic acids is 1. The summed E-state index contributed by atoms with van der Waals surface area (Å²) in [6.45, 7) is 0.517. The van der Waals surface area contributed by atoms with Crippen LogP contribution in [0.4, 0.5) is 0 Å². The Labute approximate surface area is 133 Å². The number of aromatic nitrogens is 1. The highest BCUT2D eigenvalue weighted by molar-refractivity contribution is 7.80.